The van der Waals surface area contributed by atoms with Gasteiger partial charge in [-0.3, -0.25) is 0 Å². The van der Waals surface area contributed by atoms with Crippen molar-refractivity contribution in [2.45, 2.75) is 71.6 Å². The Morgan fingerprint density at radius 1 is 1.04 bits per heavy atom. The van der Waals surface area contributed by atoms with E-state index in [1.165, 1.54) is 57.7 Å². The van der Waals surface area contributed by atoms with Crippen molar-refractivity contribution >= 4 is 6.29 Å². The van der Waals surface area contributed by atoms with Gasteiger partial charge in [-0.25, -0.2) is 0 Å². The monoisotopic (exact) mass is 332 g/mol. The van der Waals surface area contributed by atoms with Gasteiger partial charge in [0.1, 0.15) is 6.29 Å². The molecule has 0 aromatic carbocycles. The second kappa shape index (κ2) is 6.11. The van der Waals surface area contributed by atoms with E-state index in [1.54, 1.807) is 0 Å². The molecule has 8 unspecified atom stereocenters. The van der Waals surface area contributed by atoms with Gasteiger partial charge in [-0.05, 0) is 91.8 Å². The maximum Gasteiger partial charge on any atom is 0.123 e. The van der Waals surface area contributed by atoms with Crippen LogP contribution in [-0.2, 0) is 9.53 Å². The lowest BCUT2D eigenvalue weighted by atomic mass is 9.44. The number of rotatable bonds is 3. The summed E-state index contributed by atoms with van der Waals surface area (Å²) in [6, 6.07) is 0. The summed E-state index contributed by atoms with van der Waals surface area (Å²) in [6.07, 6.45) is 13.4. The van der Waals surface area contributed by atoms with E-state index < -0.39 is 0 Å². The maximum absolute atomic E-state index is 11.6. The van der Waals surface area contributed by atoms with Crippen LogP contribution in [0.5, 0.6) is 0 Å². The van der Waals surface area contributed by atoms with Crippen molar-refractivity contribution in [1.82, 2.24) is 0 Å². The molecule has 0 aliphatic heterocycles. The zero-order valence-corrected chi connectivity index (χ0v) is 15.9. The molecule has 0 N–H and O–H groups in total. The Morgan fingerprint density at radius 3 is 2.62 bits per heavy atom. The van der Waals surface area contributed by atoms with Crippen LogP contribution in [0.3, 0.4) is 0 Å². The Morgan fingerprint density at radius 2 is 1.88 bits per heavy atom. The first-order chi connectivity index (χ1) is 11.5. The molecule has 0 bridgehead atoms. The predicted octanol–water partition coefficient (Wildman–Crippen LogP) is 5.11. The fraction of sp³-hybridized carbons (Fsp3) is 0.955. The Kier molecular flexibility index (Phi) is 4.34. The fourth-order valence-corrected chi connectivity index (χ4v) is 8.08. The summed E-state index contributed by atoms with van der Waals surface area (Å²) < 4.78 is 5.85. The lowest BCUT2D eigenvalue weighted by Crippen LogP contribution is -2.56. The molecule has 8 atom stereocenters. The highest BCUT2D eigenvalue weighted by Gasteiger charge is 2.61. The molecule has 4 aliphatic rings. The van der Waals surface area contributed by atoms with Gasteiger partial charge in [0, 0.05) is 13.0 Å². The van der Waals surface area contributed by atoms with Crippen LogP contribution in [0, 0.1) is 46.3 Å². The third kappa shape index (κ3) is 2.27. The van der Waals surface area contributed by atoms with Crippen molar-refractivity contribution in [2.24, 2.45) is 46.3 Å². The molecule has 4 aliphatic carbocycles. The molecule has 136 valence electrons. The number of ether oxygens (including phenoxy) is 1. The van der Waals surface area contributed by atoms with Gasteiger partial charge in [-0.2, -0.15) is 0 Å². The summed E-state index contributed by atoms with van der Waals surface area (Å²) in [4.78, 5) is 11.6. The fourth-order valence-electron chi connectivity index (χ4n) is 8.08. The molecule has 4 saturated carbocycles. The molecule has 0 amide bonds. The van der Waals surface area contributed by atoms with Gasteiger partial charge in [0.2, 0.25) is 0 Å². The van der Waals surface area contributed by atoms with E-state index in [2.05, 4.69) is 13.8 Å². The van der Waals surface area contributed by atoms with Crippen LogP contribution in [0.4, 0.5) is 0 Å². The first-order valence-corrected chi connectivity index (χ1v) is 10.5. The first-order valence-electron chi connectivity index (χ1n) is 10.5. The van der Waals surface area contributed by atoms with Gasteiger partial charge in [-0.15, -0.1) is 0 Å². The van der Waals surface area contributed by atoms with E-state index in [4.69, 9.17) is 4.74 Å². The SMILES string of the molecule is COCC12CCC(C)CC1CCC1C3CCC(C=O)C3(C)CCC12. The van der Waals surface area contributed by atoms with E-state index in [9.17, 15) is 4.79 Å². The van der Waals surface area contributed by atoms with Crippen molar-refractivity contribution < 1.29 is 9.53 Å². The van der Waals surface area contributed by atoms with Gasteiger partial charge in [0.15, 0.2) is 0 Å². The van der Waals surface area contributed by atoms with Crippen LogP contribution >= 0.6 is 0 Å². The van der Waals surface area contributed by atoms with Crippen molar-refractivity contribution in [3.05, 3.63) is 0 Å². The number of aldehydes is 1. The molecule has 2 nitrogen and oxygen atoms in total. The molecule has 2 heteroatoms. The molecule has 0 saturated heterocycles. The van der Waals surface area contributed by atoms with E-state index in [1.807, 2.05) is 7.11 Å². The Balaban J connectivity index is 1.65. The van der Waals surface area contributed by atoms with Crippen LogP contribution in [0.15, 0.2) is 0 Å². The molecular formula is C22H36O2. The Bertz CT molecular complexity index is 488. The molecule has 0 aromatic rings. The van der Waals surface area contributed by atoms with Crippen molar-refractivity contribution in [1.29, 1.82) is 0 Å². The minimum Gasteiger partial charge on any atom is -0.384 e. The molecule has 0 heterocycles. The minimum absolute atomic E-state index is 0.298. The van der Waals surface area contributed by atoms with Crippen LogP contribution in [0.25, 0.3) is 0 Å². The van der Waals surface area contributed by atoms with E-state index in [0.717, 1.165) is 42.6 Å². The van der Waals surface area contributed by atoms with E-state index in [-0.39, 0.29) is 0 Å². The third-order valence-electron chi connectivity index (χ3n) is 9.28. The molecule has 4 fully saturated rings. The smallest absolute Gasteiger partial charge is 0.123 e. The van der Waals surface area contributed by atoms with Gasteiger partial charge in [0.05, 0.1) is 6.61 Å². The third-order valence-corrected chi connectivity index (χ3v) is 9.28. The lowest BCUT2D eigenvalue weighted by molar-refractivity contribution is -0.152. The van der Waals surface area contributed by atoms with E-state index in [0.29, 0.717) is 16.7 Å². The summed E-state index contributed by atoms with van der Waals surface area (Å²) in [5.41, 5.74) is 0.747. The van der Waals surface area contributed by atoms with Gasteiger partial charge in [-0.1, -0.05) is 20.3 Å². The molecule has 0 radical (unpaired) electrons. The maximum atomic E-state index is 11.6. The van der Waals surface area contributed by atoms with Gasteiger partial charge in [0.25, 0.3) is 0 Å². The van der Waals surface area contributed by atoms with Crippen LogP contribution in [0.2, 0.25) is 0 Å². The average molecular weight is 333 g/mol. The second-order valence-corrected chi connectivity index (χ2v) is 10.1. The Hall–Kier alpha value is -0.370. The zero-order valence-electron chi connectivity index (χ0n) is 15.9. The Labute approximate surface area is 148 Å². The molecule has 0 aromatic heterocycles. The lowest BCUT2D eigenvalue weighted by Gasteiger charge is -2.61. The number of fused-ring (bicyclic) bond motifs is 5. The number of carbonyl (C=O) groups is 1. The molecule has 24 heavy (non-hydrogen) atoms. The van der Waals surface area contributed by atoms with E-state index >= 15 is 0 Å². The standard InChI is InChI=1S/C22H36O2/c1-15-8-11-22(14-24-3)16(12-15)4-6-18-19-7-5-17(13-23)21(19,2)10-9-20(18)22/h13,15-20H,4-12,14H2,1-3H3. The molecule has 4 rings (SSSR count). The molecule has 0 spiro atoms. The number of hydrogen-bond donors (Lipinski definition) is 0. The van der Waals surface area contributed by atoms with Gasteiger partial charge < -0.3 is 9.53 Å². The zero-order chi connectivity index (χ0) is 16.9. The highest BCUT2D eigenvalue weighted by molar-refractivity contribution is 5.56. The van der Waals surface area contributed by atoms with Crippen molar-refractivity contribution in [3.8, 4) is 0 Å². The average Bonchev–Trinajstić information content (AvgIpc) is 2.92. The summed E-state index contributed by atoms with van der Waals surface area (Å²) >= 11 is 0. The summed E-state index contributed by atoms with van der Waals surface area (Å²) in [5.74, 6) is 4.61. The molecular weight excluding hydrogens is 296 g/mol. The summed E-state index contributed by atoms with van der Waals surface area (Å²) in [5, 5.41) is 0. The normalized spacial score (nSPS) is 53.8. The summed E-state index contributed by atoms with van der Waals surface area (Å²) in [6.45, 7) is 5.87. The first kappa shape index (κ1) is 17.1. The van der Waals surface area contributed by atoms with Gasteiger partial charge >= 0.3 is 0 Å². The van der Waals surface area contributed by atoms with Crippen molar-refractivity contribution in [3.63, 3.8) is 0 Å². The predicted molar refractivity (Wildman–Crippen MR) is 96.6 cm³/mol. The number of carbonyl (C=O) groups excluding carboxylic acids is 1. The highest BCUT2D eigenvalue weighted by Crippen LogP contribution is 2.67. The second-order valence-electron chi connectivity index (χ2n) is 10.1. The van der Waals surface area contributed by atoms with Crippen molar-refractivity contribution in [2.75, 3.05) is 13.7 Å². The number of methoxy groups -OCH3 is 1. The van der Waals surface area contributed by atoms with Crippen LogP contribution < -0.4 is 0 Å². The topological polar surface area (TPSA) is 26.3 Å². The minimum atomic E-state index is 0.298. The van der Waals surface area contributed by atoms with Crippen LogP contribution in [0.1, 0.15) is 71.6 Å². The highest BCUT2D eigenvalue weighted by atomic mass is 16.5. The summed E-state index contributed by atoms with van der Waals surface area (Å²) in [7, 11) is 1.92. The largest absolute Gasteiger partial charge is 0.384 e. The quantitative estimate of drug-likeness (QED) is 0.672. The van der Waals surface area contributed by atoms with Crippen LogP contribution in [-0.4, -0.2) is 20.0 Å². The number of hydrogen-bond acceptors (Lipinski definition) is 2.